The van der Waals surface area contributed by atoms with E-state index in [1.165, 1.54) is 24.0 Å². The summed E-state index contributed by atoms with van der Waals surface area (Å²) in [5, 5.41) is 6.27. The first kappa shape index (κ1) is 22.6. The van der Waals surface area contributed by atoms with Gasteiger partial charge in [-0.3, -0.25) is 4.48 Å². The fourth-order valence-corrected chi connectivity index (χ4v) is 6.07. The van der Waals surface area contributed by atoms with Crippen LogP contribution in [0, 0.1) is 12.8 Å². The number of quaternary nitrogens is 1. The van der Waals surface area contributed by atoms with E-state index in [9.17, 15) is 0 Å². The molecule has 0 amide bonds. The molecule has 2 fully saturated rings. The van der Waals surface area contributed by atoms with E-state index in [-0.39, 0.29) is 0 Å². The predicted octanol–water partition coefficient (Wildman–Crippen LogP) is 5.18. The van der Waals surface area contributed by atoms with Gasteiger partial charge in [-0.1, -0.05) is 6.07 Å². The van der Waals surface area contributed by atoms with Crippen molar-refractivity contribution >= 4 is 23.0 Å². The second-order valence-electron chi connectivity index (χ2n) is 9.50. The molecular formula is C26H34N3O3S+. The van der Waals surface area contributed by atoms with Gasteiger partial charge in [0, 0.05) is 24.0 Å². The minimum Gasteiger partial charge on any atom is -0.497 e. The van der Waals surface area contributed by atoms with E-state index in [0.29, 0.717) is 6.04 Å². The predicted molar refractivity (Wildman–Crippen MR) is 135 cm³/mol. The minimum atomic E-state index is 0.463. The first-order valence-electron chi connectivity index (χ1n) is 11.7. The zero-order valence-electron chi connectivity index (χ0n) is 20.3. The molecule has 33 heavy (non-hydrogen) atoms. The lowest BCUT2D eigenvalue weighted by molar-refractivity contribution is 0.157. The number of hydrogen-bond acceptors (Lipinski definition) is 5. The topological polar surface area (TPSA) is 45.0 Å². The molecule has 3 aromatic rings. The fourth-order valence-electron chi connectivity index (χ4n) is 5.40. The van der Waals surface area contributed by atoms with Gasteiger partial charge < -0.3 is 14.2 Å². The summed E-state index contributed by atoms with van der Waals surface area (Å²) >= 11 is 1.74. The summed E-state index contributed by atoms with van der Waals surface area (Å²) in [7, 11) is 5.80. The number of aromatic nitrogens is 2. The monoisotopic (exact) mass is 468 g/mol. The van der Waals surface area contributed by atoms with Crippen LogP contribution in [0.25, 0.3) is 16.8 Å². The quantitative estimate of drug-likeness (QED) is 0.336. The van der Waals surface area contributed by atoms with Crippen LogP contribution in [-0.2, 0) is 4.74 Å². The molecule has 1 saturated heterocycles. The molecule has 1 aromatic carbocycles. The highest BCUT2D eigenvalue weighted by Crippen LogP contribution is 2.45. The number of pyridine rings is 1. The van der Waals surface area contributed by atoms with Gasteiger partial charge in [-0.05, 0) is 49.8 Å². The Hall–Kier alpha value is -2.22. The van der Waals surface area contributed by atoms with Gasteiger partial charge >= 0.3 is 0 Å². The van der Waals surface area contributed by atoms with E-state index in [4.69, 9.17) is 19.3 Å². The van der Waals surface area contributed by atoms with E-state index < -0.39 is 0 Å². The third kappa shape index (κ3) is 3.90. The number of thioether (sulfide) groups is 1. The maximum absolute atomic E-state index is 5.87. The Balaban J connectivity index is 1.73. The lowest BCUT2D eigenvalue weighted by Gasteiger charge is -2.39. The van der Waals surface area contributed by atoms with Crippen LogP contribution in [-0.4, -0.2) is 62.9 Å². The number of nitrogens with zero attached hydrogens (tertiary/aromatic N) is 3. The summed E-state index contributed by atoms with van der Waals surface area (Å²) in [6.45, 7) is 4.92. The van der Waals surface area contributed by atoms with Gasteiger partial charge in [0.15, 0.2) is 10.7 Å². The number of hydrogen-bond donors (Lipinski definition) is 0. The normalized spacial score (nSPS) is 20.2. The van der Waals surface area contributed by atoms with Crippen molar-refractivity contribution in [3.05, 3.63) is 35.9 Å². The van der Waals surface area contributed by atoms with Crippen molar-refractivity contribution in [2.24, 2.45) is 5.92 Å². The largest absolute Gasteiger partial charge is 0.497 e. The SMILES string of the molecule is COc1cc(C)c(-c2cccc3c([N+](C)(CC4CC4)C4CCOC4)c(SC)nn23)c(OC)c1. The number of fused-ring (bicyclic) bond motifs is 1. The Labute approximate surface area is 200 Å². The van der Waals surface area contributed by atoms with Crippen LogP contribution in [0.15, 0.2) is 35.4 Å². The lowest BCUT2D eigenvalue weighted by Crippen LogP contribution is -2.55. The Morgan fingerprint density at radius 2 is 2.00 bits per heavy atom. The molecule has 2 aliphatic rings. The lowest BCUT2D eigenvalue weighted by atomic mass is 10.0. The molecule has 0 N–H and O–H groups in total. The third-order valence-corrected chi connectivity index (χ3v) is 8.00. The highest BCUT2D eigenvalue weighted by Gasteiger charge is 2.45. The van der Waals surface area contributed by atoms with Gasteiger partial charge in [-0.25, -0.2) is 4.52 Å². The average molecular weight is 469 g/mol. The van der Waals surface area contributed by atoms with Gasteiger partial charge in [0.25, 0.3) is 0 Å². The second kappa shape index (κ2) is 8.85. The zero-order valence-corrected chi connectivity index (χ0v) is 21.1. The van der Waals surface area contributed by atoms with Crippen LogP contribution in [0.2, 0.25) is 0 Å². The molecule has 7 heteroatoms. The van der Waals surface area contributed by atoms with Crippen LogP contribution < -0.4 is 14.0 Å². The molecule has 1 saturated carbocycles. The minimum absolute atomic E-state index is 0.463. The molecule has 1 aliphatic heterocycles. The van der Waals surface area contributed by atoms with Crippen LogP contribution in [0.4, 0.5) is 5.69 Å². The highest BCUT2D eigenvalue weighted by atomic mass is 32.2. The maximum atomic E-state index is 5.87. The molecule has 0 spiro atoms. The number of aryl methyl sites for hydroxylation is 1. The average Bonchev–Trinajstić information content (AvgIpc) is 3.30. The molecule has 3 heterocycles. The highest BCUT2D eigenvalue weighted by molar-refractivity contribution is 7.98. The van der Waals surface area contributed by atoms with E-state index in [1.807, 2.05) is 6.07 Å². The van der Waals surface area contributed by atoms with Crippen molar-refractivity contribution in [2.45, 2.75) is 37.3 Å². The summed E-state index contributed by atoms with van der Waals surface area (Å²) in [6, 6.07) is 11.0. The smallest absolute Gasteiger partial charge is 0.193 e. The van der Waals surface area contributed by atoms with Crippen molar-refractivity contribution in [3.63, 3.8) is 0 Å². The number of methoxy groups -OCH3 is 2. The molecule has 5 rings (SSSR count). The van der Waals surface area contributed by atoms with Crippen LogP contribution in [0.5, 0.6) is 11.5 Å². The summed E-state index contributed by atoms with van der Waals surface area (Å²) in [6.07, 6.45) is 5.90. The van der Waals surface area contributed by atoms with Crippen molar-refractivity contribution < 1.29 is 14.2 Å². The Morgan fingerprint density at radius 3 is 2.64 bits per heavy atom. The first-order chi connectivity index (χ1) is 16.0. The van der Waals surface area contributed by atoms with Gasteiger partial charge in [-0.15, -0.1) is 11.8 Å². The Morgan fingerprint density at radius 1 is 1.18 bits per heavy atom. The second-order valence-corrected chi connectivity index (χ2v) is 10.3. The summed E-state index contributed by atoms with van der Waals surface area (Å²) in [4.78, 5) is 0. The fraction of sp³-hybridized carbons (Fsp3) is 0.500. The molecule has 2 unspecified atom stereocenters. The maximum Gasteiger partial charge on any atom is 0.193 e. The number of rotatable bonds is 8. The summed E-state index contributed by atoms with van der Waals surface area (Å²) in [5.74, 6) is 2.38. The van der Waals surface area contributed by atoms with Crippen LogP contribution in [0.1, 0.15) is 24.8 Å². The van der Waals surface area contributed by atoms with E-state index in [0.717, 1.165) is 69.9 Å². The van der Waals surface area contributed by atoms with Crippen molar-refractivity contribution in [3.8, 4) is 22.8 Å². The molecule has 2 atom stereocenters. The number of benzene rings is 1. The molecular weight excluding hydrogens is 434 g/mol. The Kier molecular flexibility index (Phi) is 6.05. The summed E-state index contributed by atoms with van der Waals surface area (Å²) in [5.41, 5.74) is 5.68. The molecule has 0 bridgehead atoms. The first-order valence-corrected chi connectivity index (χ1v) is 12.9. The standard InChI is InChI=1S/C26H34N3O3S/c1-17-13-20(30-3)14-23(31-4)24(17)21-7-6-8-22-25(26(33-5)27-28(21)22)29(2,15-18-9-10-18)19-11-12-32-16-19/h6-8,13-14,18-19H,9-12,15-16H2,1-5H3/q+1. The molecule has 2 aromatic heterocycles. The Bertz CT molecular complexity index is 1170. The molecule has 176 valence electrons. The van der Waals surface area contributed by atoms with Crippen LogP contribution in [0.3, 0.4) is 0 Å². The van der Waals surface area contributed by atoms with Gasteiger partial charge in [0.1, 0.15) is 23.1 Å². The molecule has 6 nitrogen and oxygen atoms in total. The van der Waals surface area contributed by atoms with Gasteiger partial charge in [0.2, 0.25) is 0 Å². The van der Waals surface area contributed by atoms with E-state index in [1.54, 1.807) is 26.0 Å². The van der Waals surface area contributed by atoms with Crippen LogP contribution >= 0.6 is 11.8 Å². The molecule has 0 radical (unpaired) electrons. The number of likely N-dealkylation sites (N-methyl/N-ethyl adjacent to an activating group) is 1. The molecule has 1 aliphatic carbocycles. The van der Waals surface area contributed by atoms with Crippen molar-refractivity contribution in [1.82, 2.24) is 14.1 Å². The van der Waals surface area contributed by atoms with Crippen molar-refractivity contribution in [2.75, 3.05) is 47.3 Å². The number of ether oxygens (including phenoxy) is 3. The third-order valence-electron chi connectivity index (χ3n) is 7.34. The van der Waals surface area contributed by atoms with E-state index >= 15 is 0 Å². The van der Waals surface area contributed by atoms with Crippen molar-refractivity contribution in [1.29, 1.82) is 0 Å². The van der Waals surface area contributed by atoms with Gasteiger partial charge in [-0.2, -0.15) is 5.10 Å². The van der Waals surface area contributed by atoms with Gasteiger partial charge in [0.05, 0.1) is 46.7 Å². The summed E-state index contributed by atoms with van der Waals surface area (Å²) < 4.78 is 20.2. The zero-order chi connectivity index (χ0) is 23.2. The van der Waals surface area contributed by atoms with E-state index in [2.05, 4.69) is 49.0 Å².